The molecule has 0 fully saturated rings. The van der Waals surface area contributed by atoms with Gasteiger partial charge in [0.05, 0.1) is 11.6 Å². The van der Waals surface area contributed by atoms with Crippen LogP contribution in [0.25, 0.3) is 0 Å². The Morgan fingerprint density at radius 1 is 1.35 bits per heavy atom. The number of hydrogen-bond acceptors (Lipinski definition) is 4. The van der Waals surface area contributed by atoms with Gasteiger partial charge < -0.3 is 14.8 Å². The van der Waals surface area contributed by atoms with Gasteiger partial charge in [-0.05, 0) is 33.8 Å². The first-order chi connectivity index (χ1) is 9.33. The third-order valence-corrected chi connectivity index (χ3v) is 2.80. The summed E-state index contributed by atoms with van der Waals surface area (Å²) in [6, 6.07) is 5.52. The summed E-state index contributed by atoms with van der Waals surface area (Å²) in [6.45, 7) is 8.81. The molecule has 0 aliphatic rings. The third-order valence-electron chi connectivity index (χ3n) is 2.50. The lowest BCUT2D eigenvalue weighted by Crippen LogP contribution is -2.35. The van der Waals surface area contributed by atoms with E-state index in [2.05, 4.69) is 26.1 Å². The van der Waals surface area contributed by atoms with Gasteiger partial charge in [0.1, 0.15) is 5.75 Å². The van der Waals surface area contributed by atoms with Crippen molar-refractivity contribution >= 4 is 17.6 Å². The summed E-state index contributed by atoms with van der Waals surface area (Å²) >= 11 is 6.14. The Balaban J connectivity index is 2.75. The lowest BCUT2D eigenvalue weighted by Gasteiger charge is -2.22. The summed E-state index contributed by atoms with van der Waals surface area (Å²) < 4.78 is 10.3. The zero-order chi connectivity index (χ0) is 15.2. The third kappa shape index (κ3) is 5.80. The van der Waals surface area contributed by atoms with E-state index in [4.69, 9.17) is 21.1 Å². The number of ether oxygens (including phenoxy) is 2. The molecule has 1 aromatic rings. The average Bonchev–Trinajstić information content (AvgIpc) is 2.34. The first-order valence-corrected chi connectivity index (χ1v) is 7.02. The fourth-order valence-corrected chi connectivity index (χ4v) is 1.80. The number of esters is 1. The van der Waals surface area contributed by atoms with Crippen molar-refractivity contribution in [3.8, 4) is 5.75 Å². The van der Waals surface area contributed by atoms with Crippen molar-refractivity contribution < 1.29 is 14.3 Å². The van der Waals surface area contributed by atoms with Gasteiger partial charge in [-0.2, -0.15) is 0 Å². The fourth-order valence-electron chi connectivity index (χ4n) is 1.55. The maximum absolute atomic E-state index is 11.4. The van der Waals surface area contributed by atoms with Crippen LogP contribution >= 0.6 is 11.6 Å². The second kappa shape index (κ2) is 7.50. The molecule has 5 heteroatoms. The molecule has 0 unspecified atom stereocenters. The maximum atomic E-state index is 11.4. The Hall–Kier alpha value is -1.26. The van der Waals surface area contributed by atoms with Gasteiger partial charge in [0.15, 0.2) is 6.61 Å². The van der Waals surface area contributed by atoms with E-state index in [9.17, 15) is 4.79 Å². The number of rotatable bonds is 6. The van der Waals surface area contributed by atoms with Gasteiger partial charge in [-0.3, -0.25) is 0 Å². The van der Waals surface area contributed by atoms with Crippen LogP contribution in [0, 0.1) is 0 Å². The van der Waals surface area contributed by atoms with Crippen molar-refractivity contribution in [1.82, 2.24) is 5.32 Å². The van der Waals surface area contributed by atoms with Gasteiger partial charge >= 0.3 is 5.97 Å². The SMILES string of the molecule is CCOC(=O)COc1c(Cl)cccc1CNC(C)(C)C. The van der Waals surface area contributed by atoms with E-state index in [1.807, 2.05) is 12.1 Å². The van der Waals surface area contributed by atoms with Crippen molar-refractivity contribution in [2.24, 2.45) is 0 Å². The van der Waals surface area contributed by atoms with Crippen LogP contribution < -0.4 is 10.1 Å². The number of carbonyl (C=O) groups is 1. The molecule has 0 radical (unpaired) electrons. The average molecular weight is 300 g/mol. The molecular weight excluding hydrogens is 278 g/mol. The zero-order valence-corrected chi connectivity index (χ0v) is 13.2. The molecule has 0 aromatic heterocycles. The fraction of sp³-hybridized carbons (Fsp3) is 0.533. The quantitative estimate of drug-likeness (QED) is 0.820. The molecule has 0 atom stereocenters. The van der Waals surface area contributed by atoms with E-state index in [0.29, 0.717) is 23.9 Å². The molecule has 20 heavy (non-hydrogen) atoms. The summed E-state index contributed by atoms with van der Waals surface area (Å²) in [5.74, 6) is 0.126. The van der Waals surface area contributed by atoms with Crippen LogP contribution in [0.15, 0.2) is 18.2 Å². The predicted octanol–water partition coefficient (Wildman–Crippen LogP) is 3.17. The maximum Gasteiger partial charge on any atom is 0.344 e. The molecule has 0 saturated carbocycles. The minimum Gasteiger partial charge on any atom is -0.480 e. The van der Waals surface area contributed by atoms with Crippen LogP contribution in [0.5, 0.6) is 5.75 Å². The smallest absolute Gasteiger partial charge is 0.344 e. The normalized spacial score (nSPS) is 11.2. The molecule has 1 rings (SSSR count). The Kier molecular flexibility index (Phi) is 6.30. The van der Waals surface area contributed by atoms with Crippen LogP contribution in [0.2, 0.25) is 5.02 Å². The van der Waals surface area contributed by atoms with E-state index in [0.717, 1.165) is 5.56 Å². The lowest BCUT2D eigenvalue weighted by molar-refractivity contribution is -0.145. The topological polar surface area (TPSA) is 47.6 Å². The van der Waals surface area contributed by atoms with Crippen LogP contribution in [0.1, 0.15) is 33.3 Å². The molecule has 4 nitrogen and oxygen atoms in total. The molecule has 0 bridgehead atoms. The number of para-hydroxylation sites is 1. The standard InChI is InChI=1S/C15H22ClNO3/c1-5-19-13(18)10-20-14-11(7-6-8-12(14)16)9-17-15(2,3)4/h6-8,17H,5,9-10H2,1-4H3. The molecule has 0 saturated heterocycles. The van der Waals surface area contributed by atoms with Crippen molar-refractivity contribution in [2.45, 2.75) is 39.8 Å². The number of hydrogen-bond donors (Lipinski definition) is 1. The van der Waals surface area contributed by atoms with Crippen LogP contribution in [-0.4, -0.2) is 24.7 Å². The number of nitrogens with one attached hydrogen (secondary N) is 1. The predicted molar refractivity (Wildman–Crippen MR) is 80.2 cm³/mol. The van der Waals surface area contributed by atoms with Crippen molar-refractivity contribution in [2.75, 3.05) is 13.2 Å². The molecule has 1 aromatic carbocycles. The second-order valence-corrected chi connectivity index (χ2v) is 5.83. The molecule has 0 aliphatic carbocycles. The minimum absolute atomic E-state index is 0.0132. The first kappa shape index (κ1) is 16.8. The number of halogens is 1. The zero-order valence-electron chi connectivity index (χ0n) is 12.5. The molecule has 0 amide bonds. The summed E-state index contributed by atoms with van der Waals surface area (Å²) in [5.41, 5.74) is 0.900. The molecule has 0 aliphatic heterocycles. The van der Waals surface area contributed by atoms with Crippen molar-refractivity contribution in [1.29, 1.82) is 0 Å². The summed E-state index contributed by atoms with van der Waals surface area (Å²) in [7, 11) is 0. The molecule has 112 valence electrons. The number of carbonyl (C=O) groups excluding carboxylic acids is 1. The van der Waals surface area contributed by atoms with Gasteiger partial charge in [-0.15, -0.1) is 0 Å². The molecule has 1 N–H and O–H groups in total. The van der Waals surface area contributed by atoms with Crippen LogP contribution in [0.3, 0.4) is 0 Å². The van der Waals surface area contributed by atoms with E-state index in [-0.39, 0.29) is 12.1 Å². The Morgan fingerprint density at radius 2 is 2.05 bits per heavy atom. The van der Waals surface area contributed by atoms with E-state index < -0.39 is 5.97 Å². The lowest BCUT2D eigenvalue weighted by atomic mass is 10.1. The highest BCUT2D eigenvalue weighted by Crippen LogP contribution is 2.29. The van der Waals surface area contributed by atoms with Gasteiger partial charge in [0.25, 0.3) is 0 Å². The minimum atomic E-state index is -0.401. The van der Waals surface area contributed by atoms with E-state index >= 15 is 0 Å². The summed E-state index contributed by atoms with van der Waals surface area (Å²) in [5, 5.41) is 3.85. The van der Waals surface area contributed by atoms with Gasteiger partial charge in [-0.25, -0.2) is 4.79 Å². The second-order valence-electron chi connectivity index (χ2n) is 5.43. The molecule has 0 spiro atoms. The monoisotopic (exact) mass is 299 g/mol. The largest absolute Gasteiger partial charge is 0.480 e. The number of benzene rings is 1. The Bertz CT molecular complexity index is 455. The van der Waals surface area contributed by atoms with Gasteiger partial charge in [0.2, 0.25) is 0 Å². The Morgan fingerprint density at radius 3 is 2.65 bits per heavy atom. The summed E-state index contributed by atoms with van der Waals surface area (Å²) in [4.78, 5) is 11.4. The van der Waals surface area contributed by atoms with Crippen LogP contribution in [-0.2, 0) is 16.1 Å². The Labute approximate surface area is 125 Å². The van der Waals surface area contributed by atoms with E-state index in [1.54, 1.807) is 13.0 Å². The summed E-state index contributed by atoms with van der Waals surface area (Å²) in [6.07, 6.45) is 0. The van der Waals surface area contributed by atoms with Crippen molar-refractivity contribution in [3.05, 3.63) is 28.8 Å². The van der Waals surface area contributed by atoms with Crippen LogP contribution in [0.4, 0.5) is 0 Å². The highest BCUT2D eigenvalue weighted by molar-refractivity contribution is 6.32. The first-order valence-electron chi connectivity index (χ1n) is 6.64. The highest BCUT2D eigenvalue weighted by atomic mass is 35.5. The van der Waals surface area contributed by atoms with Gasteiger partial charge in [-0.1, -0.05) is 23.7 Å². The van der Waals surface area contributed by atoms with Gasteiger partial charge in [0, 0.05) is 17.6 Å². The molecular formula is C15H22ClNO3. The molecule has 0 heterocycles. The van der Waals surface area contributed by atoms with E-state index in [1.165, 1.54) is 0 Å². The highest BCUT2D eigenvalue weighted by Gasteiger charge is 2.14. The van der Waals surface area contributed by atoms with Crippen molar-refractivity contribution in [3.63, 3.8) is 0 Å².